The lowest BCUT2D eigenvalue weighted by Crippen LogP contribution is -2.00. The molecule has 4 nitrogen and oxygen atoms in total. The summed E-state index contributed by atoms with van der Waals surface area (Å²) in [7, 11) is 0. The summed E-state index contributed by atoms with van der Waals surface area (Å²) < 4.78 is 63.1. The number of aromatic nitrogens is 3. The van der Waals surface area contributed by atoms with Crippen LogP contribution in [-0.2, 0) is 0 Å². The van der Waals surface area contributed by atoms with E-state index in [2.05, 4.69) is 24.3 Å². The van der Waals surface area contributed by atoms with Crippen LogP contribution in [-0.4, -0.2) is 15.0 Å². The molecule has 0 spiro atoms. The van der Waals surface area contributed by atoms with Crippen LogP contribution in [0.15, 0.2) is 217 Å². The van der Waals surface area contributed by atoms with Gasteiger partial charge in [-0.05, 0) is 95.9 Å². The largest absolute Gasteiger partial charge is 0.456 e. The average molecular weight is 784 g/mol. The molecule has 12 aromatic rings. The van der Waals surface area contributed by atoms with Crippen LogP contribution >= 0.6 is 0 Å². The summed E-state index contributed by atoms with van der Waals surface area (Å²) in [6.45, 7) is 0. The first kappa shape index (κ1) is 29.1. The molecule has 0 radical (unpaired) electrons. The Bertz CT molecular complexity index is 3830. The number of nitrogens with zero attached hydrogens (tertiary/aromatic N) is 3. The average Bonchev–Trinajstić information content (AvgIpc) is 3.80. The second-order valence-electron chi connectivity index (χ2n) is 15.1. The molecule has 0 fully saturated rings. The summed E-state index contributed by atoms with van der Waals surface area (Å²) >= 11 is 0. The monoisotopic (exact) mass is 783 g/mol. The fraction of sp³-hybridized carbons (Fsp3) is 0. The molecule has 12 rings (SSSR count). The summed E-state index contributed by atoms with van der Waals surface area (Å²) in [5.41, 5.74) is 6.01. The minimum Gasteiger partial charge on any atom is -0.456 e. The van der Waals surface area contributed by atoms with Crippen molar-refractivity contribution in [2.24, 2.45) is 0 Å². The van der Waals surface area contributed by atoms with Crippen LogP contribution in [0.3, 0.4) is 0 Å². The van der Waals surface area contributed by atoms with E-state index in [1.807, 2.05) is 152 Å². The maximum atomic E-state index is 9.66. The highest BCUT2D eigenvalue weighted by Gasteiger charge is 2.17. The first-order valence-corrected chi connectivity index (χ1v) is 20.1. The van der Waals surface area contributed by atoms with Gasteiger partial charge in [0.1, 0.15) is 11.2 Å². The van der Waals surface area contributed by atoms with Crippen LogP contribution in [0.5, 0.6) is 0 Å². The van der Waals surface area contributed by atoms with Crippen molar-refractivity contribution in [3.63, 3.8) is 0 Å². The number of fused-ring (bicyclic) bond motifs is 9. The molecular weight excluding hydrogens is 743 g/mol. The molecule has 0 aliphatic heterocycles. The standard InChI is InChI=1S/C57H35N3O/c1-3-11-36(12-4-1)38-19-23-40(24-20-38)55-58-56(41-25-21-39(22-26-41)37-13-5-2-6-14-37)60-57(59-55)44-28-31-50-52-34-43(29-32-53(52)61-54(50)35-44)42-27-30-49-47-17-8-7-15-45(47)46-16-9-10-18-48(46)51(49)33-42/h1-35H/i28D,29D,31D,32D,34D,35D. The molecule has 10 aromatic carbocycles. The predicted octanol–water partition coefficient (Wildman–Crippen LogP) is 15.2. The fourth-order valence-electron chi connectivity index (χ4n) is 8.34. The Morgan fingerprint density at radius 1 is 0.279 bits per heavy atom. The molecule has 2 heterocycles. The predicted molar refractivity (Wildman–Crippen MR) is 252 cm³/mol. The van der Waals surface area contributed by atoms with Crippen LogP contribution in [0.25, 0.3) is 122 Å². The van der Waals surface area contributed by atoms with E-state index < -0.39 is 0 Å². The van der Waals surface area contributed by atoms with Crippen molar-refractivity contribution in [1.29, 1.82) is 0 Å². The van der Waals surface area contributed by atoms with Gasteiger partial charge in [-0.1, -0.05) is 182 Å². The first-order chi connectivity index (χ1) is 32.7. The zero-order valence-corrected chi connectivity index (χ0v) is 32.5. The summed E-state index contributed by atoms with van der Waals surface area (Å²) in [6, 6.07) is 56.4. The molecule has 0 amide bonds. The number of rotatable bonds is 6. The normalized spacial score (nSPS) is 13.0. The van der Waals surface area contributed by atoms with Gasteiger partial charge in [-0.25, -0.2) is 15.0 Å². The molecule has 0 saturated heterocycles. The van der Waals surface area contributed by atoms with Gasteiger partial charge in [-0.3, -0.25) is 0 Å². The Balaban J connectivity index is 1.04. The SMILES string of the molecule is [2H]c1c(-c2ccc3c4ccccc4c4ccccc4c3c2)c([2H])c2c(oc3c([2H])c(-c4nc(-c5ccc(-c6ccccc6)cc5)nc(-c5ccc(-c6ccccc6)cc5)n4)c([2H])c([2H])c32)c1[2H]. The molecule has 0 aliphatic carbocycles. The third-order valence-electron chi connectivity index (χ3n) is 11.4. The van der Waals surface area contributed by atoms with Crippen LogP contribution < -0.4 is 0 Å². The van der Waals surface area contributed by atoms with E-state index in [-0.39, 0.29) is 75.1 Å². The van der Waals surface area contributed by atoms with Gasteiger partial charge in [-0.15, -0.1) is 0 Å². The van der Waals surface area contributed by atoms with Gasteiger partial charge in [0.15, 0.2) is 17.5 Å². The third-order valence-corrected chi connectivity index (χ3v) is 11.4. The van der Waals surface area contributed by atoms with Crippen LogP contribution in [0.1, 0.15) is 8.22 Å². The first-order valence-electron chi connectivity index (χ1n) is 23.1. The Kier molecular flexibility index (Phi) is 6.80. The Hall–Kier alpha value is -8.21. The second kappa shape index (κ2) is 14.3. The zero-order chi connectivity index (χ0) is 45.5. The second-order valence-corrected chi connectivity index (χ2v) is 15.1. The molecule has 2 aromatic heterocycles. The van der Waals surface area contributed by atoms with Crippen LogP contribution in [0.2, 0.25) is 0 Å². The third kappa shape index (κ3) is 6.12. The molecular formula is C57H35N3O. The van der Waals surface area contributed by atoms with Gasteiger partial charge in [0.05, 0.1) is 8.22 Å². The van der Waals surface area contributed by atoms with E-state index in [0.29, 0.717) is 28.3 Å². The molecule has 0 saturated carbocycles. The van der Waals surface area contributed by atoms with E-state index in [4.69, 9.17) is 19.4 Å². The van der Waals surface area contributed by atoms with Crippen molar-refractivity contribution in [3.8, 4) is 67.5 Å². The fourth-order valence-corrected chi connectivity index (χ4v) is 8.34. The van der Waals surface area contributed by atoms with E-state index in [0.717, 1.165) is 54.6 Å². The topological polar surface area (TPSA) is 51.8 Å². The molecule has 61 heavy (non-hydrogen) atoms. The molecule has 284 valence electrons. The van der Waals surface area contributed by atoms with Crippen molar-refractivity contribution >= 4 is 54.3 Å². The van der Waals surface area contributed by atoms with Crippen molar-refractivity contribution in [2.45, 2.75) is 0 Å². The Morgan fingerprint density at radius 3 is 1.26 bits per heavy atom. The van der Waals surface area contributed by atoms with Crippen molar-refractivity contribution in [3.05, 3.63) is 212 Å². The summed E-state index contributed by atoms with van der Waals surface area (Å²) in [5.74, 6) is 0.617. The van der Waals surface area contributed by atoms with Gasteiger partial charge < -0.3 is 4.42 Å². The molecule has 0 N–H and O–H groups in total. The van der Waals surface area contributed by atoms with Crippen molar-refractivity contribution in [1.82, 2.24) is 15.0 Å². The molecule has 0 aliphatic rings. The summed E-state index contributed by atoms with van der Waals surface area (Å²) in [5, 5.41) is 6.42. The summed E-state index contributed by atoms with van der Waals surface area (Å²) in [6.07, 6.45) is 0. The minimum absolute atomic E-state index is 0.0000977. The van der Waals surface area contributed by atoms with E-state index in [1.54, 1.807) is 0 Å². The van der Waals surface area contributed by atoms with Crippen molar-refractivity contribution in [2.75, 3.05) is 0 Å². The van der Waals surface area contributed by atoms with Gasteiger partial charge in [0, 0.05) is 27.5 Å². The summed E-state index contributed by atoms with van der Waals surface area (Å²) in [4.78, 5) is 14.7. The molecule has 4 heteroatoms. The highest BCUT2D eigenvalue weighted by atomic mass is 16.3. The smallest absolute Gasteiger partial charge is 0.164 e. The molecule has 0 unspecified atom stereocenters. The minimum atomic E-state index is -0.339. The quantitative estimate of drug-likeness (QED) is 0.158. The number of hydrogen-bond acceptors (Lipinski definition) is 4. The zero-order valence-electron chi connectivity index (χ0n) is 38.5. The van der Waals surface area contributed by atoms with Gasteiger partial charge >= 0.3 is 0 Å². The number of hydrogen-bond donors (Lipinski definition) is 0. The highest BCUT2D eigenvalue weighted by Crippen LogP contribution is 2.39. The van der Waals surface area contributed by atoms with Crippen LogP contribution in [0.4, 0.5) is 0 Å². The molecule has 0 atom stereocenters. The highest BCUT2D eigenvalue weighted by molar-refractivity contribution is 6.25. The van der Waals surface area contributed by atoms with E-state index in [1.165, 1.54) is 0 Å². The maximum absolute atomic E-state index is 9.66. The number of furan rings is 1. The van der Waals surface area contributed by atoms with Gasteiger partial charge in [0.2, 0.25) is 0 Å². The van der Waals surface area contributed by atoms with E-state index in [9.17, 15) is 8.22 Å². The van der Waals surface area contributed by atoms with Gasteiger partial charge in [-0.2, -0.15) is 0 Å². The van der Waals surface area contributed by atoms with Gasteiger partial charge in [0.25, 0.3) is 0 Å². The lowest BCUT2D eigenvalue weighted by Gasteiger charge is -2.12. The Morgan fingerprint density at radius 2 is 0.705 bits per heavy atom. The van der Waals surface area contributed by atoms with E-state index >= 15 is 0 Å². The molecule has 0 bridgehead atoms. The lowest BCUT2D eigenvalue weighted by molar-refractivity contribution is 0.669. The maximum Gasteiger partial charge on any atom is 0.164 e. The number of benzene rings is 10. The Labute approximate surface area is 360 Å². The van der Waals surface area contributed by atoms with Crippen LogP contribution in [0, 0.1) is 0 Å². The lowest BCUT2D eigenvalue weighted by atomic mass is 9.92. The van der Waals surface area contributed by atoms with Crippen molar-refractivity contribution < 1.29 is 12.6 Å².